The summed E-state index contributed by atoms with van der Waals surface area (Å²) in [5.74, 6) is 0. The average molecular weight is 296 g/mol. The van der Waals surface area contributed by atoms with Crippen LogP contribution in [0, 0.1) is 0 Å². The number of rotatable bonds is 4. The molecule has 0 bridgehead atoms. The Morgan fingerprint density at radius 3 is 2.47 bits per heavy atom. The number of aliphatic hydroxyl groups is 2. The van der Waals surface area contributed by atoms with E-state index in [1.165, 1.54) is 0 Å². The summed E-state index contributed by atoms with van der Waals surface area (Å²) in [4.78, 5) is 2.37. The van der Waals surface area contributed by atoms with Crippen LogP contribution in [-0.2, 0) is 6.18 Å². The van der Waals surface area contributed by atoms with Gasteiger partial charge < -0.3 is 10.2 Å². The van der Waals surface area contributed by atoms with E-state index in [0.29, 0.717) is 12.1 Å². The van der Waals surface area contributed by atoms with Crippen molar-refractivity contribution in [3.8, 4) is 0 Å². The van der Waals surface area contributed by atoms with E-state index in [2.05, 4.69) is 10.0 Å². The van der Waals surface area contributed by atoms with E-state index in [1.54, 1.807) is 0 Å². The first-order valence-corrected chi connectivity index (χ1v) is 5.38. The van der Waals surface area contributed by atoms with E-state index in [4.69, 9.17) is 17.1 Å². The molecule has 1 aromatic rings. The molecule has 2 unspecified atom stereocenters. The lowest BCUT2D eigenvalue weighted by molar-refractivity contribution is -0.137. The molecule has 0 heterocycles. The van der Waals surface area contributed by atoms with Crippen molar-refractivity contribution in [2.24, 2.45) is 5.11 Å². The molecular weight excluding hydrogens is 287 g/mol. The van der Waals surface area contributed by atoms with E-state index >= 15 is 0 Å². The van der Waals surface area contributed by atoms with Gasteiger partial charge in [-0.1, -0.05) is 16.7 Å². The monoisotopic (exact) mass is 295 g/mol. The summed E-state index contributed by atoms with van der Waals surface area (Å²) in [6, 6.07) is 2.48. The van der Waals surface area contributed by atoms with E-state index in [1.807, 2.05) is 0 Å². The topological polar surface area (TPSA) is 89.2 Å². The zero-order valence-electron chi connectivity index (χ0n) is 9.34. The molecule has 0 amide bonds. The molecule has 5 nitrogen and oxygen atoms in total. The van der Waals surface area contributed by atoms with Gasteiger partial charge in [-0.05, 0) is 29.3 Å². The zero-order valence-corrected chi connectivity index (χ0v) is 10.1. The number of benzene rings is 1. The maximum Gasteiger partial charge on any atom is 0.416 e. The van der Waals surface area contributed by atoms with Gasteiger partial charge in [-0.25, -0.2) is 0 Å². The van der Waals surface area contributed by atoms with Crippen LogP contribution in [0.25, 0.3) is 10.4 Å². The summed E-state index contributed by atoms with van der Waals surface area (Å²) in [6.07, 6.45) is -7.77. The molecule has 0 spiro atoms. The van der Waals surface area contributed by atoms with Gasteiger partial charge in [-0.15, -0.1) is 0 Å². The van der Waals surface area contributed by atoms with Crippen molar-refractivity contribution < 1.29 is 23.4 Å². The summed E-state index contributed by atoms with van der Waals surface area (Å²) in [5.41, 5.74) is 6.81. The molecule has 19 heavy (non-hydrogen) atoms. The van der Waals surface area contributed by atoms with Gasteiger partial charge in [-0.2, -0.15) is 13.2 Å². The summed E-state index contributed by atoms with van der Waals surface area (Å²) in [6.45, 7) is -0.467. The Morgan fingerprint density at radius 2 is 1.95 bits per heavy atom. The lowest BCUT2D eigenvalue weighted by Crippen LogP contribution is -2.21. The average Bonchev–Trinajstić information content (AvgIpc) is 2.33. The molecule has 9 heteroatoms. The van der Waals surface area contributed by atoms with Crippen LogP contribution >= 0.6 is 11.6 Å². The highest BCUT2D eigenvalue weighted by Crippen LogP contribution is 2.33. The van der Waals surface area contributed by atoms with Crippen molar-refractivity contribution >= 4 is 11.6 Å². The number of hydrogen-bond donors (Lipinski definition) is 2. The Hall–Kier alpha value is -1.47. The molecule has 2 N–H and O–H groups in total. The first-order valence-electron chi connectivity index (χ1n) is 5.00. The van der Waals surface area contributed by atoms with Gasteiger partial charge in [0.15, 0.2) is 0 Å². The molecule has 0 saturated carbocycles. The smallest absolute Gasteiger partial charge is 0.390 e. The zero-order chi connectivity index (χ0) is 14.6. The van der Waals surface area contributed by atoms with E-state index in [0.717, 1.165) is 6.07 Å². The maximum atomic E-state index is 12.5. The lowest BCUT2D eigenvalue weighted by Gasteiger charge is -2.18. The van der Waals surface area contributed by atoms with E-state index < -0.39 is 30.5 Å². The second kappa shape index (κ2) is 6.12. The minimum atomic E-state index is -4.62. The van der Waals surface area contributed by atoms with Gasteiger partial charge in [0, 0.05) is 9.93 Å². The van der Waals surface area contributed by atoms with E-state index in [-0.39, 0.29) is 10.6 Å². The minimum Gasteiger partial charge on any atom is -0.390 e. The second-order valence-corrected chi connectivity index (χ2v) is 4.13. The summed E-state index contributed by atoms with van der Waals surface area (Å²) in [5, 5.41) is 21.9. The predicted molar refractivity (Wildman–Crippen MR) is 61.4 cm³/mol. The van der Waals surface area contributed by atoms with Crippen LogP contribution in [0.2, 0.25) is 5.02 Å². The Labute approximate surface area is 110 Å². The fraction of sp³-hybridized carbons (Fsp3) is 0.400. The highest BCUT2D eigenvalue weighted by molar-refractivity contribution is 6.30. The third kappa shape index (κ3) is 4.29. The van der Waals surface area contributed by atoms with Crippen molar-refractivity contribution in [1.82, 2.24) is 0 Å². The number of alkyl halides is 3. The normalized spacial score (nSPS) is 14.6. The highest BCUT2D eigenvalue weighted by atomic mass is 35.5. The van der Waals surface area contributed by atoms with Gasteiger partial charge in [0.05, 0.1) is 18.2 Å². The van der Waals surface area contributed by atoms with Crippen LogP contribution in [0.5, 0.6) is 0 Å². The van der Waals surface area contributed by atoms with E-state index in [9.17, 15) is 23.4 Å². The number of halogens is 4. The first-order chi connectivity index (χ1) is 8.75. The van der Waals surface area contributed by atoms with Crippen LogP contribution in [-0.4, -0.2) is 22.9 Å². The molecule has 2 atom stereocenters. The molecule has 0 saturated heterocycles. The molecule has 0 aliphatic rings. The van der Waals surface area contributed by atoms with Crippen LogP contribution < -0.4 is 0 Å². The van der Waals surface area contributed by atoms with Gasteiger partial charge in [0.25, 0.3) is 0 Å². The molecule has 0 aromatic heterocycles. The third-order valence-corrected chi connectivity index (χ3v) is 2.50. The van der Waals surface area contributed by atoms with Crippen molar-refractivity contribution in [3.05, 3.63) is 44.8 Å². The largest absolute Gasteiger partial charge is 0.416 e. The molecule has 0 aliphatic heterocycles. The minimum absolute atomic E-state index is 0.208. The standard InChI is InChI=1S/C10H9ClF3N3O2/c11-7-2-5(1-6(3-7)10(12,13)14)9(19)8(18)4-16-17-15/h1-3,8-9,18-19H,4H2. The highest BCUT2D eigenvalue weighted by Gasteiger charge is 2.32. The van der Waals surface area contributed by atoms with Crippen molar-refractivity contribution in [1.29, 1.82) is 0 Å². The molecule has 1 rings (SSSR count). The molecule has 104 valence electrons. The molecule has 0 radical (unpaired) electrons. The van der Waals surface area contributed by atoms with Gasteiger partial charge in [0.1, 0.15) is 6.10 Å². The van der Waals surface area contributed by atoms with Crippen LogP contribution in [0.15, 0.2) is 23.3 Å². The fourth-order valence-electron chi connectivity index (χ4n) is 1.39. The van der Waals surface area contributed by atoms with Crippen molar-refractivity contribution in [3.63, 3.8) is 0 Å². The van der Waals surface area contributed by atoms with Gasteiger partial charge >= 0.3 is 6.18 Å². The lowest BCUT2D eigenvalue weighted by atomic mass is 10.0. The Morgan fingerprint density at radius 1 is 1.32 bits per heavy atom. The van der Waals surface area contributed by atoms with Crippen molar-refractivity contribution in [2.45, 2.75) is 18.4 Å². The predicted octanol–water partition coefficient (Wildman–Crippen LogP) is 3.06. The Balaban J connectivity index is 3.06. The fourth-order valence-corrected chi connectivity index (χ4v) is 1.63. The molecule has 0 fully saturated rings. The van der Waals surface area contributed by atoms with Gasteiger partial charge in [-0.3, -0.25) is 0 Å². The molecular formula is C10H9ClF3N3O2. The summed E-state index contributed by atoms with van der Waals surface area (Å²) in [7, 11) is 0. The van der Waals surface area contributed by atoms with Crippen molar-refractivity contribution in [2.75, 3.05) is 6.54 Å². The summed E-state index contributed by atoms with van der Waals surface area (Å²) < 4.78 is 37.6. The number of hydrogen-bond acceptors (Lipinski definition) is 3. The number of azide groups is 1. The number of aliphatic hydroxyl groups excluding tert-OH is 2. The quantitative estimate of drug-likeness (QED) is 0.508. The SMILES string of the molecule is [N-]=[N+]=NCC(O)C(O)c1cc(Cl)cc(C(F)(F)F)c1. The molecule has 1 aromatic carbocycles. The second-order valence-electron chi connectivity index (χ2n) is 3.70. The van der Waals surface area contributed by atoms with Crippen LogP contribution in [0.4, 0.5) is 13.2 Å². The number of nitrogens with zero attached hydrogens (tertiary/aromatic N) is 3. The molecule has 0 aliphatic carbocycles. The maximum absolute atomic E-state index is 12.5. The van der Waals surface area contributed by atoms with Crippen LogP contribution in [0.3, 0.4) is 0 Å². The van der Waals surface area contributed by atoms with Crippen LogP contribution in [0.1, 0.15) is 17.2 Å². The summed E-state index contributed by atoms with van der Waals surface area (Å²) >= 11 is 5.53. The Bertz CT molecular complexity index is 503. The first kappa shape index (κ1) is 15.6. The van der Waals surface area contributed by atoms with Gasteiger partial charge in [0.2, 0.25) is 0 Å². The Kier molecular flexibility index (Phi) is 5.02. The third-order valence-electron chi connectivity index (χ3n) is 2.29.